The zero-order valence-corrected chi connectivity index (χ0v) is 19.4. The summed E-state index contributed by atoms with van der Waals surface area (Å²) in [6.45, 7) is 4.91. The lowest BCUT2D eigenvalue weighted by atomic mass is 9.76. The number of halogens is 1. The fourth-order valence-corrected chi connectivity index (χ4v) is 5.18. The van der Waals surface area contributed by atoms with Crippen molar-refractivity contribution in [2.45, 2.75) is 70.8 Å². The van der Waals surface area contributed by atoms with Gasteiger partial charge in [-0.15, -0.1) is 0 Å². The summed E-state index contributed by atoms with van der Waals surface area (Å²) in [5.74, 6) is 1.78. The molecule has 1 aliphatic carbocycles. The molecular formula is C25H35ClN4O. The van der Waals surface area contributed by atoms with Crippen LogP contribution >= 0.6 is 11.6 Å². The Hall–Kier alpha value is -1.85. The van der Waals surface area contributed by atoms with Crippen LogP contribution in [0.25, 0.3) is 11.3 Å². The summed E-state index contributed by atoms with van der Waals surface area (Å²) in [6, 6.07) is 8.66. The number of nitrogens with one attached hydrogen (secondary N) is 2. The number of rotatable bonds is 8. The Morgan fingerprint density at radius 1 is 1.13 bits per heavy atom. The van der Waals surface area contributed by atoms with Crippen LogP contribution in [0.4, 0.5) is 11.6 Å². The van der Waals surface area contributed by atoms with E-state index in [-0.39, 0.29) is 0 Å². The zero-order chi connectivity index (χ0) is 21.5. The lowest BCUT2D eigenvalue weighted by molar-refractivity contribution is 0.0164. The van der Waals surface area contributed by atoms with Crippen molar-refractivity contribution < 1.29 is 4.74 Å². The van der Waals surface area contributed by atoms with Gasteiger partial charge in [-0.1, -0.05) is 50.3 Å². The highest BCUT2D eigenvalue weighted by Gasteiger charge is 2.31. The third-order valence-electron chi connectivity index (χ3n) is 6.82. The Balaban J connectivity index is 1.47. The van der Waals surface area contributed by atoms with Crippen molar-refractivity contribution in [3.8, 4) is 11.3 Å². The highest BCUT2D eigenvalue weighted by molar-refractivity contribution is 6.33. The summed E-state index contributed by atoms with van der Waals surface area (Å²) >= 11 is 6.52. The minimum Gasteiger partial charge on any atom is -0.381 e. The molecule has 1 aliphatic heterocycles. The smallest absolute Gasteiger partial charge is 0.126 e. The maximum absolute atomic E-state index is 6.52. The van der Waals surface area contributed by atoms with Gasteiger partial charge in [0.25, 0.3) is 0 Å². The predicted molar refractivity (Wildman–Crippen MR) is 129 cm³/mol. The Bertz CT molecular complexity index is 842. The molecule has 1 saturated heterocycles. The Kier molecular flexibility index (Phi) is 7.67. The monoisotopic (exact) mass is 442 g/mol. The molecule has 0 amide bonds. The summed E-state index contributed by atoms with van der Waals surface area (Å²) in [5, 5.41) is 7.83. The number of aromatic nitrogens is 2. The molecule has 0 bridgehead atoms. The minimum atomic E-state index is 0.302. The number of hydrogen-bond acceptors (Lipinski definition) is 5. The van der Waals surface area contributed by atoms with Gasteiger partial charge >= 0.3 is 0 Å². The second-order valence-corrected chi connectivity index (χ2v) is 9.56. The normalized spacial score (nSPS) is 19.2. The van der Waals surface area contributed by atoms with E-state index in [0.717, 1.165) is 55.5 Å². The highest BCUT2D eigenvalue weighted by atomic mass is 35.5. The Morgan fingerprint density at radius 2 is 1.94 bits per heavy atom. The molecule has 3 heterocycles. The molecule has 2 aromatic rings. The molecule has 0 aromatic carbocycles. The van der Waals surface area contributed by atoms with E-state index in [1.54, 1.807) is 6.20 Å². The number of pyridine rings is 2. The van der Waals surface area contributed by atoms with E-state index in [1.807, 2.05) is 24.3 Å². The molecule has 6 heteroatoms. The van der Waals surface area contributed by atoms with Gasteiger partial charge in [-0.25, -0.2) is 9.97 Å². The minimum absolute atomic E-state index is 0.302. The third-order valence-corrected chi connectivity index (χ3v) is 7.12. The van der Waals surface area contributed by atoms with Crippen molar-refractivity contribution in [2.24, 2.45) is 5.41 Å². The first-order valence-corrected chi connectivity index (χ1v) is 12.3. The summed E-state index contributed by atoms with van der Waals surface area (Å²) in [4.78, 5) is 9.39. The highest BCUT2D eigenvalue weighted by Crippen LogP contribution is 2.36. The lowest BCUT2D eigenvalue weighted by Gasteiger charge is -2.37. The molecule has 2 aromatic heterocycles. The Labute approximate surface area is 191 Å². The quantitative estimate of drug-likeness (QED) is 0.485. The van der Waals surface area contributed by atoms with Gasteiger partial charge in [-0.3, -0.25) is 0 Å². The van der Waals surface area contributed by atoms with Gasteiger partial charge in [0.1, 0.15) is 11.6 Å². The van der Waals surface area contributed by atoms with E-state index < -0.39 is 0 Å². The fraction of sp³-hybridized carbons (Fsp3) is 0.600. The zero-order valence-electron chi connectivity index (χ0n) is 18.6. The van der Waals surface area contributed by atoms with Crippen molar-refractivity contribution in [1.29, 1.82) is 0 Å². The number of ether oxygens (including phenoxy) is 1. The summed E-state index contributed by atoms with van der Waals surface area (Å²) in [6.07, 6.45) is 12.7. The average Bonchev–Trinajstić information content (AvgIpc) is 2.81. The largest absolute Gasteiger partial charge is 0.381 e. The maximum atomic E-state index is 6.52. The van der Waals surface area contributed by atoms with Crippen LogP contribution in [0.15, 0.2) is 30.5 Å². The summed E-state index contributed by atoms with van der Waals surface area (Å²) in [5.41, 5.74) is 2.10. The summed E-state index contributed by atoms with van der Waals surface area (Å²) < 4.78 is 5.61. The van der Waals surface area contributed by atoms with E-state index in [2.05, 4.69) is 22.5 Å². The van der Waals surface area contributed by atoms with Crippen LogP contribution in [0.3, 0.4) is 0 Å². The van der Waals surface area contributed by atoms with Crippen LogP contribution in [0.2, 0.25) is 5.02 Å². The van der Waals surface area contributed by atoms with Gasteiger partial charge in [-0.2, -0.15) is 0 Å². The van der Waals surface area contributed by atoms with Gasteiger partial charge in [-0.05, 0) is 55.7 Å². The van der Waals surface area contributed by atoms with Gasteiger partial charge in [0.05, 0.1) is 10.7 Å². The van der Waals surface area contributed by atoms with Gasteiger partial charge < -0.3 is 15.4 Å². The Morgan fingerprint density at radius 3 is 2.71 bits per heavy atom. The average molecular weight is 443 g/mol. The third kappa shape index (κ3) is 5.89. The topological polar surface area (TPSA) is 59.1 Å². The maximum Gasteiger partial charge on any atom is 0.126 e. The van der Waals surface area contributed by atoms with E-state index in [4.69, 9.17) is 21.3 Å². The van der Waals surface area contributed by atoms with E-state index in [9.17, 15) is 0 Å². The first-order chi connectivity index (χ1) is 15.2. The van der Waals surface area contributed by atoms with Crippen LogP contribution in [0.5, 0.6) is 0 Å². The molecule has 0 unspecified atom stereocenters. The van der Waals surface area contributed by atoms with Gasteiger partial charge in [0.15, 0.2) is 0 Å². The van der Waals surface area contributed by atoms with Gasteiger partial charge in [0.2, 0.25) is 0 Å². The second-order valence-electron chi connectivity index (χ2n) is 9.15. The van der Waals surface area contributed by atoms with Crippen molar-refractivity contribution in [1.82, 2.24) is 9.97 Å². The molecule has 1 saturated carbocycles. The van der Waals surface area contributed by atoms with Crippen LogP contribution < -0.4 is 10.6 Å². The first kappa shape index (κ1) is 22.3. The number of nitrogens with zero attached hydrogens (tertiary/aromatic N) is 2. The molecule has 0 atom stereocenters. The second kappa shape index (κ2) is 10.6. The van der Waals surface area contributed by atoms with Crippen LogP contribution in [-0.4, -0.2) is 35.8 Å². The predicted octanol–water partition coefficient (Wildman–Crippen LogP) is 6.55. The van der Waals surface area contributed by atoms with Crippen LogP contribution in [0.1, 0.15) is 64.7 Å². The molecule has 0 spiro atoms. The molecule has 168 valence electrons. The van der Waals surface area contributed by atoms with Crippen LogP contribution in [0, 0.1) is 5.41 Å². The first-order valence-electron chi connectivity index (χ1n) is 11.9. The van der Waals surface area contributed by atoms with Gasteiger partial charge in [0, 0.05) is 37.6 Å². The van der Waals surface area contributed by atoms with Crippen molar-refractivity contribution in [2.75, 3.05) is 30.4 Å². The molecule has 31 heavy (non-hydrogen) atoms. The number of anilines is 2. The fourth-order valence-electron chi connectivity index (χ4n) is 4.98. The molecular weight excluding hydrogens is 408 g/mol. The summed E-state index contributed by atoms with van der Waals surface area (Å²) in [7, 11) is 0. The van der Waals surface area contributed by atoms with E-state index >= 15 is 0 Å². The van der Waals surface area contributed by atoms with Crippen molar-refractivity contribution in [3.63, 3.8) is 0 Å². The molecule has 2 N–H and O–H groups in total. The molecule has 4 rings (SSSR count). The lowest BCUT2D eigenvalue weighted by Crippen LogP contribution is -2.36. The van der Waals surface area contributed by atoms with Crippen LogP contribution in [-0.2, 0) is 4.74 Å². The standard InChI is InChI=1S/C25H35ClN4O/c1-2-11-25(12-14-31-15-13-25)18-28-23-10-6-9-22(30-23)20-16-24(27-17-21(20)26)29-19-7-4-3-5-8-19/h6,9-10,16-17,19H,2-5,7-8,11-15,18H2,1H3,(H,27,29)(H,28,30). The molecule has 0 radical (unpaired) electrons. The van der Waals surface area contributed by atoms with E-state index in [0.29, 0.717) is 16.5 Å². The van der Waals surface area contributed by atoms with Crippen molar-refractivity contribution in [3.05, 3.63) is 35.5 Å². The molecule has 2 fully saturated rings. The van der Waals surface area contributed by atoms with E-state index in [1.165, 1.54) is 44.9 Å². The SMILES string of the molecule is CCCC1(CNc2cccc(-c3cc(NC4CCCCC4)ncc3Cl)n2)CCOCC1. The molecule has 2 aliphatic rings. The molecule has 5 nitrogen and oxygen atoms in total. The van der Waals surface area contributed by atoms with Crippen molar-refractivity contribution >= 4 is 23.2 Å². The number of hydrogen-bond donors (Lipinski definition) is 2.